The van der Waals surface area contributed by atoms with Gasteiger partial charge in [0.1, 0.15) is 0 Å². The number of ether oxygens (including phenoxy) is 1. The van der Waals surface area contributed by atoms with Crippen LogP contribution in [-0.4, -0.2) is 36.0 Å². The average Bonchev–Trinajstić information content (AvgIpc) is 2.77. The molecule has 0 aromatic heterocycles. The van der Waals surface area contributed by atoms with Crippen LogP contribution in [0.15, 0.2) is 64.3 Å². The van der Waals surface area contributed by atoms with Gasteiger partial charge in [-0.3, -0.25) is 9.69 Å². The number of hydrogen-bond donors (Lipinski definition) is 2. The zero-order valence-electron chi connectivity index (χ0n) is 18.3. The highest BCUT2D eigenvalue weighted by Gasteiger charge is 2.36. The molecule has 0 aliphatic carbocycles. The van der Waals surface area contributed by atoms with Gasteiger partial charge in [-0.1, -0.05) is 31.2 Å². The van der Waals surface area contributed by atoms with E-state index in [1.165, 1.54) is 0 Å². The van der Waals surface area contributed by atoms with Gasteiger partial charge in [0.15, 0.2) is 0 Å². The first-order valence-electron chi connectivity index (χ1n) is 10.5. The highest BCUT2D eigenvalue weighted by molar-refractivity contribution is 9.10. The number of carbonyl (C=O) groups excluding carboxylic acids is 3. The van der Waals surface area contributed by atoms with Gasteiger partial charge < -0.3 is 15.4 Å². The van der Waals surface area contributed by atoms with Crippen LogP contribution in [0.4, 0.5) is 10.5 Å². The molecule has 168 valence electrons. The Morgan fingerprint density at radius 2 is 1.81 bits per heavy atom. The smallest absolute Gasteiger partial charge is 0.338 e. The van der Waals surface area contributed by atoms with E-state index in [0.717, 1.165) is 12.0 Å². The van der Waals surface area contributed by atoms with Crippen molar-refractivity contribution in [2.45, 2.75) is 33.2 Å². The molecular weight excluding hydrogens is 474 g/mol. The molecule has 1 aliphatic heterocycles. The maximum absolute atomic E-state index is 12.7. The zero-order valence-corrected chi connectivity index (χ0v) is 19.9. The number of amides is 3. The Bertz CT molecular complexity index is 1050. The highest BCUT2D eigenvalue weighted by Crippen LogP contribution is 2.32. The van der Waals surface area contributed by atoms with Crippen LogP contribution < -0.4 is 10.6 Å². The third kappa shape index (κ3) is 5.02. The summed E-state index contributed by atoms with van der Waals surface area (Å²) < 4.78 is 5.97. The summed E-state index contributed by atoms with van der Waals surface area (Å²) in [4.78, 5) is 39.5. The second-order valence-electron chi connectivity index (χ2n) is 7.31. The minimum atomic E-state index is -0.636. The number of nitrogens with one attached hydrogen (secondary N) is 2. The summed E-state index contributed by atoms with van der Waals surface area (Å²) >= 11 is 3.38. The second kappa shape index (κ2) is 10.5. The van der Waals surface area contributed by atoms with Crippen LogP contribution in [0, 0.1) is 0 Å². The number of benzene rings is 2. The van der Waals surface area contributed by atoms with Gasteiger partial charge in [0, 0.05) is 22.4 Å². The number of hydrogen-bond acceptors (Lipinski definition) is 4. The van der Waals surface area contributed by atoms with Crippen molar-refractivity contribution < 1.29 is 19.1 Å². The maximum Gasteiger partial charge on any atom is 0.338 e. The van der Waals surface area contributed by atoms with Crippen LogP contribution in [0.25, 0.3) is 0 Å². The first-order valence-corrected chi connectivity index (χ1v) is 11.3. The highest BCUT2D eigenvalue weighted by atomic mass is 79.9. The van der Waals surface area contributed by atoms with E-state index < -0.39 is 12.0 Å². The number of carbonyl (C=O) groups is 3. The Morgan fingerprint density at radius 3 is 2.44 bits per heavy atom. The topological polar surface area (TPSA) is 87.7 Å². The van der Waals surface area contributed by atoms with E-state index in [2.05, 4.69) is 26.6 Å². The van der Waals surface area contributed by atoms with E-state index in [-0.39, 0.29) is 18.5 Å². The molecule has 0 saturated heterocycles. The van der Waals surface area contributed by atoms with Crippen molar-refractivity contribution >= 4 is 39.5 Å². The minimum absolute atomic E-state index is 0.240. The molecular formula is C24H26BrN3O4. The summed E-state index contributed by atoms with van der Waals surface area (Å²) in [7, 11) is 0. The fraction of sp³-hybridized carbons (Fsp3) is 0.292. The van der Waals surface area contributed by atoms with Crippen LogP contribution in [0.5, 0.6) is 0 Å². The minimum Gasteiger partial charge on any atom is -0.463 e. The van der Waals surface area contributed by atoms with E-state index in [1.807, 2.05) is 13.0 Å². The third-order valence-corrected chi connectivity index (χ3v) is 5.85. The Kier molecular flexibility index (Phi) is 7.69. The average molecular weight is 500 g/mol. The monoisotopic (exact) mass is 499 g/mol. The summed E-state index contributed by atoms with van der Waals surface area (Å²) in [5.74, 6) is -0.697. The van der Waals surface area contributed by atoms with E-state index in [9.17, 15) is 14.4 Å². The van der Waals surface area contributed by atoms with Gasteiger partial charge in [-0.15, -0.1) is 0 Å². The number of allylic oxidation sites excluding steroid dienone is 1. The number of rotatable bonds is 7. The molecule has 7 nitrogen and oxygen atoms in total. The molecule has 1 aliphatic rings. The number of halogens is 1. The van der Waals surface area contributed by atoms with Gasteiger partial charge >= 0.3 is 12.0 Å². The first kappa shape index (κ1) is 23.5. The SMILES string of the molecule is CCCN1C(=O)N[C@@H](c2ccc(NC(=O)c3ccccc3Br)cc2)C(C(=O)OCC)=C1C. The summed E-state index contributed by atoms with van der Waals surface area (Å²) in [6.07, 6.45) is 0.761. The largest absolute Gasteiger partial charge is 0.463 e. The van der Waals surface area contributed by atoms with Crippen molar-refractivity contribution in [3.05, 3.63) is 75.4 Å². The normalized spacial score (nSPS) is 15.9. The van der Waals surface area contributed by atoms with Gasteiger partial charge in [-0.25, -0.2) is 9.59 Å². The lowest BCUT2D eigenvalue weighted by Gasteiger charge is -2.35. The second-order valence-corrected chi connectivity index (χ2v) is 8.16. The molecule has 2 N–H and O–H groups in total. The van der Waals surface area contributed by atoms with Crippen molar-refractivity contribution in [3.63, 3.8) is 0 Å². The molecule has 32 heavy (non-hydrogen) atoms. The zero-order chi connectivity index (χ0) is 23.3. The Morgan fingerprint density at radius 1 is 1.12 bits per heavy atom. The van der Waals surface area contributed by atoms with Crippen LogP contribution in [-0.2, 0) is 9.53 Å². The third-order valence-electron chi connectivity index (χ3n) is 5.16. The summed E-state index contributed by atoms with van der Waals surface area (Å²) in [6, 6.07) is 13.3. The summed E-state index contributed by atoms with van der Waals surface area (Å²) in [6.45, 7) is 6.23. The summed E-state index contributed by atoms with van der Waals surface area (Å²) in [5.41, 5.74) is 2.84. The lowest BCUT2D eigenvalue weighted by atomic mass is 9.94. The van der Waals surface area contributed by atoms with Crippen molar-refractivity contribution in [1.82, 2.24) is 10.2 Å². The molecule has 0 unspecified atom stereocenters. The first-order chi connectivity index (χ1) is 15.4. The molecule has 3 rings (SSSR count). The molecule has 8 heteroatoms. The van der Waals surface area contributed by atoms with Crippen LogP contribution in [0.3, 0.4) is 0 Å². The molecule has 0 bridgehead atoms. The van der Waals surface area contributed by atoms with E-state index in [1.54, 1.807) is 61.2 Å². The lowest BCUT2D eigenvalue weighted by molar-refractivity contribution is -0.139. The molecule has 0 spiro atoms. The van der Waals surface area contributed by atoms with Crippen LogP contribution in [0.1, 0.15) is 49.2 Å². The molecule has 1 heterocycles. The van der Waals surface area contributed by atoms with E-state index in [4.69, 9.17) is 4.74 Å². The fourth-order valence-electron chi connectivity index (χ4n) is 3.60. The van der Waals surface area contributed by atoms with Crippen molar-refractivity contribution in [1.29, 1.82) is 0 Å². The van der Waals surface area contributed by atoms with Crippen LogP contribution >= 0.6 is 15.9 Å². The van der Waals surface area contributed by atoms with Gasteiger partial charge in [-0.05, 0) is 66.0 Å². The van der Waals surface area contributed by atoms with Crippen molar-refractivity contribution in [3.8, 4) is 0 Å². The summed E-state index contributed by atoms with van der Waals surface area (Å²) in [5, 5.41) is 5.77. The van der Waals surface area contributed by atoms with Crippen molar-refractivity contribution in [2.24, 2.45) is 0 Å². The molecule has 0 saturated carbocycles. The fourth-order valence-corrected chi connectivity index (χ4v) is 4.06. The molecule has 2 aromatic carbocycles. The van der Waals surface area contributed by atoms with E-state index >= 15 is 0 Å². The maximum atomic E-state index is 12.7. The van der Waals surface area contributed by atoms with Gasteiger partial charge in [0.25, 0.3) is 5.91 Å². The number of esters is 1. The van der Waals surface area contributed by atoms with Crippen LogP contribution in [0.2, 0.25) is 0 Å². The Labute approximate surface area is 195 Å². The van der Waals surface area contributed by atoms with Gasteiger partial charge in [0.2, 0.25) is 0 Å². The predicted octanol–water partition coefficient (Wildman–Crippen LogP) is 5.01. The quantitative estimate of drug-likeness (QED) is 0.523. The Balaban J connectivity index is 1.87. The molecule has 3 amide bonds. The molecule has 0 fully saturated rings. The predicted molar refractivity (Wildman–Crippen MR) is 126 cm³/mol. The van der Waals surface area contributed by atoms with Crippen molar-refractivity contribution in [2.75, 3.05) is 18.5 Å². The van der Waals surface area contributed by atoms with Gasteiger partial charge in [-0.2, -0.15) is 0 Å². The lowest BCUT2D eigenvalue weighted by Crippen LogP contribution is -2.48. The van der Waals surface area contributed by atoms with Gasteiger partial charge in [0.05, 0.1) is 23.8 Å². The number of nitrogens with zero attached hydrogens (tertiary/aromatic N) is 1. The van der Waals surface area contributed by atoms with E-state index in [0.29, 0.717) is 33.5 Å². The number of anilines is 1. The molecule has 0 radical (unpaired) electrons. The standard InChI is InChI=1S/C24H26BrN3O4/c1-4-14-28-15(3)20(23(30)32-5-2)21(27-24(28)31)16-10-12-17(13-11-16)26-22(29)18-8-6-7-9-19(18)25/h6-13,21H,4-5,14H2,1-3H3,(H,26,29)(H,27,31)/t21-/m0/s1. The molecule has 1 atom stereocenters. The Hall–Kier alpha value is -3.13. The molecule has 2 aromatic rings. The number of urea groups is 1.